The maximum absolute atomic E-state index is 5.29. The number of halogens is 1. The van der Waals surface area contributed by atoms with Gasteiger partial charge in [-0.3, -0.25) is 4.98 Å². The van der Waals surface area contributed by atoms with Crippen molar-refractivity contribution in [3.05, 3.63) is 53.2 Å². The van der Waals surface area contributed by atoms with Crippen molar-refractivity contribution in [3.8, 4) is 0 Å². The second-order valence-electron chi connectivity index (χ2n) is 3.93. The number of pyridine rings is 1. The molecule has 0 spiro atoms. The van der Waals surface area contributed by atoms with E-state index in [2.05, 4.69) is 33.0 Å². The Morgan fingerprint density at radius 1 is 1.31 bits per heavy atom. The molecule has 0 radical (unpaired) electrons. The molecular weight excluding hydrogens is 266 g/mol. The van der Waals surface area contributed by atoms with Gasteiger partial charge in [0.15, 0.2) is 0 Å². The summed E-state index contributed by atoms with van der Waals surface area (Å²) in [5.74, 6) is 0.967. The van der Waals surface area contributed by atoms with E-state index in [9.17, 15) is 0 Å². The van der Waals surface area contributed by atoms with Crippen molar-refractivity contribution in [2.45, 2.75) is 25.1 Å². The third-order valence-corrected chi connectivity index (χ3v) is 3.41. The molecule has 1 atom stereocenters. The van der Waals surface area contributed by atoms with Gasteiger partial charge in [-0.05, 0) is 31.5 Å². The lowest BCUT2D eigenvalue weighted by Crippen LogP contribution is -1.98. The molecule has 0 N–H and O–H groups in total. The predicted molar refractivity (Wildman–Crippen MR) is 67.8 cm³/mol. The van der Waals surface area contributed by atoms with Crippen molar-refractivity contribution in [1.29, 1.82) is 0 Å². The van der Waals surface area contributed by atoms with E-state index in [1.54, 1.807) is 6.26 Å². The minimum atomic E-state index is 0.265. The van der Waals surface area contributed by atoms with Gasteiger partial charge in [0.2, 0.25) is 0 Å². The molecule has 16 heavy (non-hydrogen) atoms. The molecule has 2 aromatic heterocycles. The van der Waals surface area contributed by atoms with Crippen LogP contribution in [0.2, 0.25) is 0 Å². The van der Waals surface area contributed by atoms with E-state index in [-0.39, 0.29) is 4.83 Å². The van der Waals surface area contributed by atoms with Gasteiger partial charge in [0.25, 0.3) is 0 Å². The molecule has 1 unspecified atom stereocenters. The molecular formula is C13H14BrNO. The van der Waals surface area contributed by atoms with Gasteiger partial charge in [-0.25, -0.2) is 0 Å². The van der Waals surface area contributed by atoms with Crippen molar-refractivity contribution < 1.29 is 4.42 Å². The monoisotopic (exact) mass is 279 g/mol. The van der Waals surface area contributed by atoms with Crippen molar-refractivity contribution in [2.24, 2.45) is 0 Å². The van der Waals surface area contributed by atoms with Crippen molar-refractivity contribution in [1.82, 2.24) is 4.98 Å². The van der Waals surface area contributed by atoms with Crippen LogP contribution in [0.1, 0.15) is 27.4 Å². The highest BCUT2D eigenvalue weighted by atomic mass is 79.9. The van der Waals surface area contributed by atoms with E-state index in [1.165, 1.54) is 11.1 Å². The Kier molecular flexibility index (Phi) is 3.44. The first-order valence-electron chi connectivity index (χ1n) is 5.26. The third-order valence-electron chi connectivity index (χ3n) is 2.60. The summed E-state index contributed by atoms with van der Waals surface area (Å²) < 4.78 is 5.29. The normalized spacial score (nSPS) is 12.7. The molecule has 0 saturated heterocycles. The lowest BCUT2D eigenvalue weighted by Gasteiger charge is -2.08. The van der Waals surface area contributed by atoms with Crippen LogP contribution in [0.3, 0.4) is 0 Å². The molecule has 0 aliphatic rings. The summed E-state index contributed by atoms with van der Waals surface area (Å²) in [7, 11) is 0. The zero-order valence-electron chi connectivity index (χ0n) is 9.40. The van der Waals surface area contributed by atoms with E-state index in [4.69, 9.17) is 4.42 Å². The molecule has 0 fully saturated rings. The minimum absolute atomic E-state index is 0.265. The molecule has 2 aromatic rings. The first-order valence-corrected chi connectivity index (χ1v) is 6.18. The van der Waals surface area contributed by atoms with Crippen LogP contribution in [0.5, 0.6) is 0 Å². The van der Waals surface area contributed by atoms with E-state index < -0.39 is 0 Å². The second-order valence-corrected chi connectivity index (χ2v) is 5.04. The van der Waals surface area contributed by atoms with E-state index >= 15 is 0 Å². The van der Waals surface area contributed by atoms with Gasteiger partial charge in [-0.2, -0.15) is 0 Å². The smallest absolute Gasteiger partial charge is 0.105 e. The van der Waals surface area contributed by atoms with E-state index in [0.29, 0.717) is 0 Å². The standard InChI is InChI=1S/C13H14BrNO/c1-9-3-4-11(15-8-9)7-13(14)12-5-6-16-10(12)2/h3-6,8,13H,7H2,1-2H3. The summed E-state index contributed by atoms with van der Waals surface area (Å²) in [5, 5.41) is 0. The summed E-state index contributed by atoms with van der Waals surface area (Å²) in [4.78, 5) is 4.66. The third kappa shape index (κ3) is 2.53. The van der Waals surface area contributed by atoms with Gasteiger partial charge in [0, 0.05) is 28.7 Å². The van der Waals surface area contributed by atoms with Crippen molar-refractivity contribution in [3.63, 3.8) is 0 Å². The molecule has 2 nitrogen and oxygen atoms in total. The number of aryl methyl sites for hydroxylation is 2. The highest BCUT2D eigenvalue weighted by molar-refractivity contribution is 9.09. The number of furan rings is 1. The summed E-state index contributed by atoms with van der Waals surface area (Å²) in [6, 6.07) is 6.16. The van der Waals surface area contributed by atoms with Crippen LogP contribution in [-0.2, 0) is 6.42 Å². The van der Waals surface area contributed by atoms with Crippen LogP contribution in [0.15, 0.2) is 35.1 Å². The fourth-order valence-electron chi connectivity index (χ4n) is 1.63. The fourth-order valence-corrected chi connectivity index (χ4v) is 2.44. The Hall–Kier alpha value is -1.09. The maximum Gasteiger partial charge on any atom is 0.105 e. The number of alkyl halides is 1. The average molecular weight is 280 g/mol. The minimum Gasteiger partial charge on any atom is -0.469 e. The Morgan fingerprint density at radius 2 is 2.12 bits per heavy atom. The molecule has 84 valence electrons. The van der Waals surface area contributed by atoms with Gasteiger partial charge >= 0.3 is 0 Å². The number of hydrogen-bond donors (Lipinski definition) is 0. The van der Waals surface area contributed by atoms with E-state index in [1.807, 2.05) is 26.1 Å². The number of nitrogens with zero attached hydrogens (tertiary/aromatic N) is 1. The Bertz CT molecular complexity index is 461. The number of aromatic nitrogens is 1. The lowest BCUT2D eigenvalue weighted by atomic mass is 10.1. The predicted octanol–water partition coefficient (Wildman–Crippen LogP) is 3.97. The maximum atomic E-state index is 5.29. The zero-order valence-corrected chi connectivity index (χ0v) is 11.0. The molecule has 0 bridgehead atoms. The van der Waals surface area contributed by atoms with E-state index in [0.717, 1.165) is 17.9 Å². The van der Waals surface area contributed by atoms with Crippen LogP contribution >= 0.6 is 15.9 Å². The quantitative estimate of drug-likeness (QED) is 0.795. The molecule has 0 saturated carbocycles. The van der Waals surface area contributed by atoms with Crippen LogP contribution in [0.25, 0.3) is 0 Å². The van der Waals surface area contributed by atoms with Gasteiger partial charge in [-0.1, -0.05) is 22.0 Å². The SMILES string of the molecule is Cc1ccc(CC(Br)c2ccoc2C)nc1. The van der Waals surface area contributed by atoms with Crippen molar-refractivity contribution in [2.75, 3.05) is 0 Å². The zero-order chi connectivity index (χ0) is 11.5. The van der Waals surface area contributed by atoms with Gasteiger partial charge in [-0.15, -0.1) is 0 Å². The first kappa shape index (κ1) is 11.4. The molecule has 0 aliphatic carbocycles. The van der Waals surface area contributed by atoms with Crippen molar-refractivity contribution >= 4 is 15.9 Å². The summed E-state index contributed by atoms with van der Waals surface area (Å²) >= 11 is 3.67. The second kappa shape index (κ2) is 4.83. The highest BCUT2D eigenvalue weighted by Gasteiger charge is 2.13. The largest absolute Gasteiger partial charge is 0.469 e. The summed E-state index contributed by atoms with van der Waals surface area (Å²) in [6.45, 7) is 4.02. The molecule has 0 amide bonds. The Labute approximate surface area is 104 Å². The van der Waals surface area contributed by atoms with Crippen LogP contribution < -0.4 is 0 Å². The van der Waals surface area contributed by atoms with Crippen LogP contribution in [0.4, 0.5) is 0 Å². The molecule has 2 rings (SSSR count). The first-order chi connectivity index (χ1) is 7.66. The van der Waals surface area contributed by atoms with Gasteiger partial charge in [0.05, 0.1) is 6.26 Å². The Morgan fingerprint density at radius 3 is 2.69 bits per heavy atom. The average Bonchev–Trinajstić information content (AvgIpc) is 2.68. The van der Waals surface area contributed by atoms with Crippen LogP contribution in [0, 0.1) is 13.8 Å². The molecule has 0 aromatic carbocycles. The fraction of sp³-hybridized carbons (Fsp3) is 0.308. The summed E-state index contributed by atoms with van der Waals surface area (Å²) in [5.41, 5.74) is 3.48. The number of hydrogen-bond acceptors (Lipinski definition) is 2. The topological polar surface area (TPSA) is 26.0 Å². The van der Waals surface area contributed by atoms with Gasteiger partial charge < -0.3 is 4.42 Å². The van der Waals surface area contributed by atoms with Gasteiger partial charge in [0.1, 0.15) is 5.76 Å². The molecule has 2 heterocycles. The Balaban J connectivity index is 2.10. The highest BCUT2D eigenvalue weighted by Crippen LogP contribution is 2.29. The summed E-state index contributed by atoms with van der Waals surface area (Å²) in [6.07, 6.45) is 4.50. The molecule has 3 heteroatoms. The lowest BCUT2D eigenvalue weighted by molar-refractivity contribution is 0.529. The number of rotatable bonds is 3. The molecule has 0 aliphatic heterocycles. The van der Waals surface area contributed by atoms with Crippen LogP contribution in [-0.4, -0.2) is 4.98 Å².